The summed E-state index contributed by atoms with van der Waals surface area (Å²) in [5.41, 5.74) is -0.0833. The van der Waals surface area contributed by atoms with Crippen molar-refractivity contribution in [3.63, 3.8) is 0 Å². The van der Waals surface area contributed by atoms with Gasteiger partial charge in [-0.15, -0.1) is 0 Å². The van der Waals surface area contributed by atoms with E-state index in [9.17, 15) is 9.18 Å². The molecular formula is C15H15FOS. The fraction of sp³-hybridized carbons (Fsp3) is 0.267. The van der Waals surface area contributed by atoms with Crippen molar-refractivity contribution in [3.8, 4) is 0 Å². The summed E-state index contributed by atoms with van der Waals surface area (Å²) in [6.07, 6.45) is 6.97. The largest absolute Gasteiger partial charge is 0.289 e. The molecule has 1 atom stereocenters. The number of thioether (sulfide) groups is 1. The lowest BCUT2D eigenvalue weighted by molar-refractivity contribution is 0.103. The van der Waals surface area contributed by atoms with Gasteiger partial charge in [0.05, 0.1) is 0 Å². The summed E-state index contributed by atoms with van der Waals surface area (Å²) in [5, 5.41) is 0. The van der Waals surface area contributed by atoms with E-state index >= 15 is 0 Å². The van der Waals surface area contributed by atoms with Crippen LogP contribution in [0.3, 0.4) is 0 Å². The minimum atomic E-state index is -1.31. The Morgan fingerprint density at radius 3 is 2.67 bits per heavy atom. The molecule has 1 aromatic rings. The first-order valence-electron chi connectivity index (χ1n) is 5.82. The summed E-state index contributed by atoms with van der Waals surface area (Å²) in [5.74, 6) is 0.380. The van der Waals surface area contributed by atoms with Crippen LogP contribution < -0.4 is 0 Å². The molecule has 3 heteroatoms. The average molecular weight is 262 g/mol. The summed E-state index contributed by atoms with van der Waals surface area (Å²) < 4.78 is 14.1. The summed E-state index contributed by atoms with van der Waals surface area (Å²) >= 11 is 1.47. The van der Waals surface area contributed by atoms with E-state index in [1.54, 1.807) is 24.3 Å². The molecule has 0 saturated heterocycles. The molecule has 0 radical (unpaired) electrons. The van der Waals surface area contributed by atoms with E-state index in [1.165, 1.54) is 17.8 Å². The number of halogens is 1. The third-order valence-corrected chi connectivity index (χ3v) is 3.67. The van der Waals surface area contributed by atoms with Gasteiger partial charge >= 0.3 is 0 Å². The Balaban J connectivity index is 2.12. The van der Waals surface area contributed by atoms with Gasteiger partial charge in [0, 0.05) is 23.3 Å². The molecule has 0 saturated carbocycles. The van der Waals surface area contributed by atoms with Crippen LogP contribution in [0.1, 0.15) is 16.8 Å². The van der Waals surface area contributed by atoms with Crippen LogP contribution in [0.4, 0.5) is 4.39 Å². The first-order valence-corrected chi connectivity index (χ1v) is 7.21. The smallest absolute Gasteiger partial charge is 0.192 e. The molecule has 1 aliphatic rings. The van der Waals surface area contributed by atoms with Crippen molar-refractivity contribution in [1.82, 2.24) is 0 Å². The van der Waals surface area contributed by atoms with Gasteiger partial charge in [0.15, 0.2) is 5.78 Å². The van der Waals surface area contributed by atoms with Gasteiger partial charge in [-0.2, -0.15) is 11.8 Å². The number of benzene rings is 1. The normalized spacial score (nSPS) is 22.7. The van der Waals surface area contributed by atoms with Crippen LogP contribution in [0.5, 0.6) is 0 Å². The van der Waals surface area contributed by atoms with Gasteiger partial charge < -0.3 is 0 Å². The lowest BCUT2D eigenvalue weighted by atomic mass is 9.92. The Hall–Kier alpha value is -1.35. The highest BCUT2D eigenvalue weighted by Crippen LogP contribution is 2.29. The minimum absolute atomic E-state index is 0.0435. The second-order valence-electron chi connectivity index (χ2n) is 4.36. The molecule has 1 aliphatic carbocycles. The van der Waals surface area contributed by atoms with Gasteiger partial charge in [0.1, 0.15) is 5.67 Å². The molecule has 0 bridgehead atoms. The van der Waals surface area contributed by atoms with E-state index in [-0.39, 0.29) is 12.2 Å². The Bertz CT molecular complexity index is 492. The maximum atomic E-state index is 14.1. The second kappa shape index (κ2) is 5.53. The number of Topliss-reactive ketones (excluding diaryl/α,β-unsaturated/α-hetero) is 1. The molecule has 0 aliphatic heterocycles. The zero-order chi connectivity index (χ0) is 13.0. The third kappa shape index (κ3) is 2.91. The highest BCUT2D eigenvalue weighted by Gasteiger charge is 2.28. The molecule has 1 aromatic carbocycles. The fourth-order valence-corrected chi connectivity index (χ4v) is 2.62. The number of carbonyl (C=O) groups excluding carboxylic acids is 1. The van der Waals surface area contributed by atoms with E-state index in [0.29, 0.717) is 16.9 Å². The van der Waals surface area contributed by atoms with Crippen molar-refractivity contribution in [3.05, 3.63) is 59.7 Å². The Morgan fingerprint density at radius 1 is 1.39 bits per heavy atom. The van der Waals surface area contributed by atoms with E-state index in [4.69, 9.17) is 0 Å². The number of hydrogen-bond donors (Lipinski definition) is 0. The Morgan fingerprint density at radius 2 is 2.11 bits per heavy atom. The standard InChI is InChI=1S/C15H15FOS/c1-18-11-15(16)9-7-13(8-10-15)14(17)12-5-3-2-4-6-12/h2-9H,10-11H2,1H3. The van der Waals surface area contributed by atoms with Crippen molar-refractivity contribution in [2.75, 3.05) is 12.0 Å². The number of allylic oxidation sites excluding steroid dienone is 4. The van der Waals surface area contributed by atoms with Gasteiger partial charge in [-0.1, -0.05) is 42.5 Å². The van der Waals surface area contributed by atoms with Gasteiger partial charge in [0.2, 0.25) is 0 Å². The quantitative estimate of drug-likeness (QED) is 0.767. The number of ketones is 1. The second-order valence-corrected chi connectivity index (χ2v) is 5.23. The molecule has 0 amide bonds. The maximum absolute atomic E-state index is 14.1. The maximum Gasteiger partial charge on any atom is 0.192 e. The van der Waals surface area contributed by atoms with Crippen molar-refractivity contribution in [2.24, 2.45) is 0 Å². The number of carbonyl (C=O) groups is 1. The first-order chi connectivity index (χ1) is 8.64. The third-order valence-electron chi connectivity index (χ3n) is 2.91. The molecule has 0 spiro atoms. The van der Waals surface area contributed by atoms with Crippen LogP contribution in [0, 0.1) is 0 Å². The van der Waals surface area contributed by atoms with Gasteiger partial charge in [0.25, 0.3) is 0 Å². The van der Waals surface area contributed by atoms with Crippen LogP contribution in [-0.4, -0.2) is 23.5 Å². The molecule has 0 heterocycles. The van der Waals surface area contributed by atoms with Crippen molar-refractivity contribution < 1.29 is 9.18 Å². The predicted octanol–water partition coefficient (Wildman–Crippen LogP) is 3.83. The molecule has 0 fully saturated rings. The summed E-state index contributed by atoms with van der Waals surface area (Å²) in [6, 6.07) is 9.07. The minimum Gasteiger partial charge on any atom is -0.289 e. The molecule has 0 aromatic heterocycles. The van der Waals surface area contributed by atoms with Crippen LogP contribution >= 0.6 is 11.8 Å². The van der Waals surface area contributed by atoms with Crippen LogP contribution in [-0.2, 0) is 0 Å². The molecule has 94 valence electrons. The fourth-order valence-electron chi connectivity index (χ4n) is 1.93. The zero-order valence-corrected chi connectivity index (χ0v) is 11.0. The predicted molar refractivity (Wildman–Crippen MR) is 74.8 cm³/mol. The van der Waals surface area contributed by atoms with Gasteiger partial charge in [-0.3, -0.25) is 4.79 Å². The SMILES string of the molecule is CSCC1(F)C=CC(C(=O)c2ccccc2)=CC1. The van der Waals surface area contributed by atoms with Crippen LogP contribution in [0.2, 0.25) is 0 Å². The van der Waals surface area contributed by atoms with E-state index in [2.05, 4.69) is 0 Å². The molecule has 18 heavy (non-hydrogen) atoms. The van der Waals surface area contributed by atoms with Crippen LogP contribution in [0.25, 0.3) is 0 Å². The van der Waals surface area contributed by atoms with Gasteiger partial charge in [-0.25, -0.2) is 4.39 Å². The highest BCUT2D eigenvalue weighted by atomic mass is 32.2. The lowest BCUT2D eigenvalue weighted by Crippen LogP contribution is -2.25. The molecule has 2 rings (SSSR count). The number of rotatable bonds is 4. The van der Waals surface area contributed by atoms with Gasteiger partial charge in [-0.05, 0) is 12.3 Å². The highest BCUT2D eigenvalue weighted by molar-refractivity contribution is 7.98. The van der Waals surface area contributed by atoms with Crippen molar-refractivity contribution in [1.29, 1.82) is 0 Å². The van der Waals surface area contributed by atoms with Crippen molar-refractivity contribution in [2.45, 2.75) is 12.1 Å². The molecule has 0 N–H and O–H groups in total. The first kappa shape index (κ1) is 13.1. The lowest BCUT2D eigenvalue weighted by Gasteiger charge is -2.22. The zero-order valence-electron chi connectivity index (χ0n) is 10.2. The Kier molecular flexibility index (Phi) is 4.02. The van der Waals surface area contributed by atoms with E-state index in [0.717, 1.165) is 0 Å². The topological polar surface area (TPSA) is 17.1 Å². The summed E-state index contributed by atoms with van der Waals surface area (Å²) in [4.78, 5) is 12.1. The number of alkyl halides is 1. The molecule has 1 nitrogen and oxygen atoms in total. The number of hydrogen-bond acceptors (Lipinski definition) is 2. The van der Waals surface area contributed by atoms with Crippen LogP contribution in [0.15, 0.2) is 54.1 Å². The Labute approximate surface area is 111 Å². The average Bonchev–Trinajstić information content (AvgIpc) is 2.40. The van der Waals surface area contributed by atoms with E-state index < -0.39 is 5.67 Å². The van der Waals surface area contributed by atoms with Crippen molar-refractivity contribution >= 4 is 17.5 Å². The molecular weight excluding hydrogens is 247 g/mol. The monoisotopic (exact) mass is 262 g/mol. The summed E-state index contributed by atoms with van der Waals surface area (Å²) in [6.45, 7) is 0. The van der Waals surface area contributed by atoms with E-state index in [1.807, 2.05) is 24.5 Å². The molecule has 1 unspecified atom stereocenters. The summed E-state index contributed by atoms with van der Waals surface area (Å²) in [7, 11) is 0.